The second kappa shape index (κ2) is 8.90. The summed E-state index contributed by atoms with van der Waals surface area (Å²) in [4.78, 5) is 26.9. The van der Waals surface area contributed by atoms with Crippen molar-refractivity contribution < 1.29 is 19.2 Å². The van der Waals surface area contributed by atoms with Crippen LogP contribution in [0.25, 0.3) is 0 Å². The monoisotopic (exact) mass is 411 g/mol. The van der Waals surface area contributed by atoms with Gasteiger partial charge in [-0.3, -0.25) is 9.59 Å². The van der Waals surface area contributed by atoms with Crippen molar-refractivity contribution in [2.75, 3.05) is 13.1 Å². The molecule has 1 aliphatic carbocycles. The summed E-state index contributed by atoms with van der Waals surface area (Å²) < 4.78 is 5.27. The number of phenols is 1. The zero-order valence-electron chi connectivity index (χ0n) is 17.3. The zero-order valence-corrected chi connectivity index (χ0v) is 17.3. The molecule has 2 N–H and O–H groups in total. The molecular formula is C23H29N3O4. The number of likely N-dealkylation sites (tertiary alicyclic amines) is 1. The molecule has 2 aliphatic rings. The van der Waals surface area contributed by atoms with Gasteiger partial charge >= 0.3 is 0 Å². The van der Waals surface area contributed by atoms with Gasteiger partial charge in [-0.15, -0.1) is 0 Å². The van der Waals surface area contributed by atoms with Gasteiger partial charge in [-0.2, -0.15) is 0 Å². The summed E-state index contributed by atoms with van der Waals surface area (Å²) in [6, 6.07) is 8.77. The van der Waals surface area contributed by atoms with Crippen LogP contribution in [0.1, 0.15) is 66.8 Å². The number of carbonyl (C=O) groups excluding carboxylic acids is 2. The summed E-state index contributed by atoms with van der Waals surface area (Å²) in [5.41, 5.74) is 1.40. The van der Waals surface area contributed by atoms with E-state index in [1.165, 1.54) is 0 Å². The number of nitrogens with zero attached hydrogens (tertiary/aromatic N) is 2. The lowest BCUT2D eigenvalue weighted by Crippen LogP contribution is -2.45. The molecule has 30 heavy (non-hydrogen) atoms. The number of hydrogen-bond acceptors (Lipinski definition) is 5. The van der Waals surface area contributed by atoms with Gasteiger partial charge in [0.05, 0.1) is 0 Å². The van der Waals surface area contributed by atoms with E-state index >= 15 is 0 Å². The summed E-state index contributed by atoms with van der Waals surface area (Å²) in [6.07, 6.45) is 5.11. The standard InChI is InChI=1S/C23H29N3O4/c1-15(24-23(29)20-14-21(30-25-20)18-5-6-18)17-10-12-26(13-11-17)22(28)9-4-16-2-7-19(27)8-3-16/h2-3,7-8,14-15,17-18,27H,4-6,9-13H2,1H3,(H,24,29). The van der Waals surface area contributed by atoms with Crippen molar-refractivity contribution in [1.82, 2.24) is 15.4 Å². The van der Waals surface area contributed by atoms with Crippen molar-refractivity contribution in [3.8, 4) is 5.75 Å². The normalized spacial score (nSPS) is 18.2. The number of aryl methyl sites for hydroxylation is 1. The molecule has 1 unspecified atom stereocenters. The van der Waals surface area contributed by atoms with Crippen LogP contribution in [0.2, 0.25) is 0 Å². The Morgan fingerprint density at radius 3 is 2.57 bits per heavy atom. The van der Waals surface area contributed by atoms with Crippen LogP contribution in [-0.2, 0) is 11.2 Å². The van der Waals surface area contributed by atoms with Crippen LogP contribution in [0, 0.1) is 5.92 Å². The van der Waals surface area contributed by atoms with Gasteiger partial charge < -0.3 is 19.8 Å². The van der Waals surface area contributed by atoms with Crippen LogP contribution < -0.4 is 5.32 Å². The van der Waals surface area contributed by atoms with Crippen molar-refractivity contribution >= 4 is 11.8 Å². The number of benzene rings is 1. The molecule has 1 aliphatic heterocycles. The molecule has 4 rings (SSSR count). The lowest BCUT2D eigenvalue weighted by molar-refractivity contribution is -0.132. The van der Waals surface area contributed by atoms with Crippen molar-refractivity contribution in [1.29, 1.82) is 0 Å². The van der Waals surface area contributed by atoms with E-state index in [9.17, 15) is 14.7 Å². The summed E-state index contributed by atoms with van der Waals surface area (Å²) >= 11 is 0. The predicted molar refractivity (Wildman–Crippen MR) is 111 cm³/mol. The van der Waals surface area contributed by atoms with Crippen LogP contribution in [0.15, 0.2) is 34.9 Å². The summed E-state index contributed by atoms with van der Waals surface area (Å²) in [7, 11) is 0. The Morgan fingerprint density at radius 2 is 1.90 bits per heavy atom. The van der Waals surface area contributed by atoms with Crippen LogP contribution >= 0.6 is 0 Å². The molecule has 0 bridgehead atoms. The molecule has 0 radical (unpaired) electrons. The summed E-state index contributed by atoms with van der Waals surface area (Å²) in [6.45, 7) is 3.46. The molecule has 1 aromatic carbocycles. The molecule has 2 fully saturated rings. The Balaban J connectivity index is 1.20. The summed E-state index contributed by atoms with van der Waals surface area (Å²) in [5.74, 6) is 1.79. The van der Waals surface area contributed by atoms with Crippen LogP contribution in [0.5, 0.6) is 5.75 Å². The fourth-order valence-electron chi connectivity index (χ4n) is 4.08. The molecule has 7 heteroatoms. The molecule has 1 atom stereocenters. The van der Waals surface area contributed by atoms with E-state index in [0.29, 0.717) is 30.4 Å². The Kier molecular flexibility index (Phi) is 6.06. The van der Waals surface area contributed by atoms with Crippen LogP contribution in [0.4, 0.5) is 0 Å². The zero-order chi connectivity index (χ0) is 21.1. The largest absolute Gasteiger partial charge is 0.508 e. The van der Waals surface area contributed by atoms with Gasteiger partial charge in [0.25, 0.3) is 5.91 Å². The number of aromatic hydroxyl groups is 1. The molecule has 2 amide bonds. The maximum Gasteiger partial charge on any atom is 0.273 e. The van der Waals surface area contributed by atoms with E-state index in [1.54, 1.807) is 18.2 Å². The first-order chi connectivity index (χ1) is 14.5. The van der Waals surface area contributed by atoms with E-state index in [1.807, 2.05) is 24.0 Å². The molecule has 0 spiro atoms. The van der Waals surface area contributed by atoms with Gasteiger partial charge in [-0.25, -0.2) is 0 Å². The first-order valence-electron chi connectivity index (χ1n) is 10.8. The number of carbonyl (C=O) groups is 2. The van der Waals surface area contributed by atoms with E-state index in [0.717, 1.165) is 50.1 Å². The fraction of sp³-hybridized carbons (Fsp3) is 0.522. The Bertz CT molecular complexity index is 880. The molecule has 1 saturated heterocycles. The lowest BCUT2D eigenvalue weighted by atomic mass is 9.90. The van der Waals surface area contributed by atoms with Gasteiger partial charge in [0.15, 0.2) is 5.69 Å². The number of phenolic OH excluding ortho intramolecular Hbond substituents is 1. The number of aromatic nitrogens is 1. The van der Waals surface area contributed by atoms with Gasteiger partial charge in [0.1, 0.15) is 11.5 Å². The predicted octanol–water partition coefficient (Wildman–Crippen LogP) is 3.25. The number of rotatable bonds is 7. The SMILES string of the molecule is CC(NC(=O)c1cc(C2CC2)on1)C1CCN(C(=O)CCc2ccc(O)cc2)CC1. The molecule has 1 saturated carbocycles. The number of nitrogens with one attached hydrogen (secondary N) is 1. The highest BCUT2D eigenvalue weighted by Crippen LogP contribution is 2.40. The molecule has 2 heterocycles. The lowest BCUT2D eigenvalue weighted by Gasteiger charge is -2.35. The minimum absolute atomic E-state index is 0.0211. The van der Waals surface area contributed by atoms with Crippen molar-refractivity contribution in [3.05, 3.63) is 47.3 Å². The topological polar surface area (TPSA) is 95.7 Å². The van der Waals surface area contributed by atoms with E-state index in [4.69, 9.17) is 4.52 Å². The third-order valence-electron chi connectivity index (χ3n) is 6.26. The maximum absolute atomic E-state index is 12.5. The van der Waals surface area contributed by atoms with Crippen LogP contribution in [0.3, 0.4) is 0 Å². The smallest absolute Gasteiger partial charge is 0.273 e. The van der Waals surface area contributed by atoms with Gasteiger partial charge in [-0.05, 0) is 62.6 Å². The third-order valence-corrected chi connectivity index (χ3v) is 6.26. The van der Waals surface area contributed by atoms with Crippen LogP contribution in [-0.4, -0.2) is 46.1 Å². The third kappa shape index (κ3) is 5.01. The minimum Gasteiger partial charge on any atom is -0.508 e. The second-order valence-electron chi connectivity index (χ2n) is 8.54. The van der Waals surface area contributed by atoms with Crippen molar-refractivity contribution in [2.45, 2.75) is 57.4 Å². The molecule has 160 valence electrons. The average Bonchev–Trinajstić information content (AvgIpc) is 3.49. The van der Waals surface area contributed by atoms with Crippen molar-refractivity contribution in [2.24, 2.45) is 5.92 Å². The Morgan fingerprint density at radius 1 is 1.20 bits per heavy atom. The van der Waals surface area contributed by atoms with Gasteiger partial charge in [0.2, 0.25) is 5.91 Å². The first kappa shape index (κ1) is 20.4. The minimum atomic E-state index is -0.189. The number of piperidine rings is 1. The number of amides is 2. The maximum atomic E-state index is 12.5. The van der Waals surface area contributed by atoms with E-state index in [-0.39, 0.29) is 23.6 Å². The first-order valence-corrected chi connectivity index (χ1v) is 10.8. The highest BCUT2D eigenvalue weighted by atomic mass is 16.5. The highest BCUT2D eigenvalue weighted by molar-refractivity contribution is 5.92. The molecular weight excluding hydrogens is 382 g/mol. The Labute approximate surface area is 176 Å². The molecule has 2 aromatic rings. The molecule has 1 aromatic heterocycles. The average molecular weight is 412 g/mol. The Hall–Kier alpha value is -2.83. The van der Waals surface area contributed by atoms with Gasteiger partial charge in [-0.1, -0.05) is 17.3 Å². The molecule has 7 nitrogen and oxygen atoms in total. The van der Waals surface area contributed by atoms with E-state index < -0.39 is 0 Å². The van der Waals surface area contributed by atoms with E-state index in [2.05, 4.69) is 10.5 Å². The fourth-order valence-corrected chi connectivity index (χ4v) is 4.08. The number of hydrogen-bond donors (Lipinski definition) is 2. The highest BCUT2D eigenvalue weighted by Gasteiger charge is 2.30. The van der Waals surface area contributed by atoms with Crippen molar-refractivity contribution in [3.63, 3.8) is 0 Å². The van der Waals surface area contributed by atoms with Gasteiger partial charge in [0, 0.05) is 37.5 Å². The second-order valence-corrected chi connectivity index (χ2v) is 8.54. The quantitative estimate of drug-likeness (QED) is 0.729. The summed E-state index contributed by atoms with van der Waals surface area (Å²) in [5, 5.41) is 16.3.